The lowest BCUT2D eigenvalue weighted by atomic mass is 9.80. The second-order valence-corrected chi connectivity index (χ2v) is 7.54. The van der Waals surface area contributed by atoms with Crippen LogP contribution in [0, 0.1) is 0 Å². The molecule has 2 aromatic carbocycles. The zero-order valence-electron chi connectivity index (χ0n) is 16.7. The predicted molar refractivity (Wildman–Crippen MR) is 113 cm³/mol. The number of aryl methyl sites for hydroxylation is 1. The van der Waals surface area contributed by atoms with Crippen LogP contribution in [0.4, 0.5) is 5.69 Å². The summed E-state index contributed by atoms with van der Waals surface area (Å²) < 4.78 is 5.28. The van der Waals surface area contributed by atoms with Crippen LogP contribution in [0.15, 0.2) is 48.5 Å². The summed E-state index contributed by atoms with van der Waals surface area (Å²) in [5.41, 5.74) is 5.15. The van der Waals surface area contributed by atoms with Gasteiger partial charge in [-0.15, -0.1) is 0 Å². The number of carboxylic acid groups (broad SMARTS) is 1. The first-order chi connectivity index (χ1) is 13.7. The Morgan fingerprint density at radius 3 is 2.75 bits per heavy atom. The Labute approximate surface area is 167 Å². The van der Waals surface area contributed by atoms with Gasteiger partial charge < -0.3 is 15.2 Å². The average Bonchev–Trinajstić information content (AvgIpc) is 2.72. The number of benzene rings is 2. The van der Waals surface area contributed by atoms with Crippen molar-refractivity contribution < 1.29 is 14.6 Å². The number of ether oxygens (including phenoxy) is 1. The maximum atomic E-state index is 11.2. The van der Waals surface area contributed by atoms with E-state index in [-0.39, 0.29) is 0 Å². The number of hydrogen-bond donors (Lipinski definition) is 2. The van der Waals surface area contributed by atoms with Crippen molar-refractivity contribution in [2.45, 2.75) is 57.5 Å². The first kappa shape index (κ1) is 20.4. The van der Waals surface area contributed by atoms with Gasteiger partial charge in [0.25, 0.3) is 0 Å². The van der Waals surface area contributed by atoms with Crippen molar-refractivity contribution in [2.75, 3.05) is 18.5 Å². The number of rotatable bonds is 10. The van der Waals surface area contributed by atoms with Gasteiger partial charge in [0.05, 0.1) is 0 Å². The number of hydrogen-bond acceptors (Lipinski definition) is 3. The average molecular weight is 382 g/mol. The molecule has 28 heavy (non-hydrogen) atoms. The molecular weight excluding hydrogens is 350 g/mol. The van der Waals surface area contributed by atoms with E-state index in [9.17, 15) is 9.90 Å². The van der Waals surface area contributed by atoms with Crippen molar-refractivity contribution in [3.05, 3.63) is 65.2 Å². The zero-order chi connectivity index (χ0) is 19.8. The summed E-state index contributed by atoms with van der Waals surface area (Å²) in [4.78, 5) is 11.2. The van der Waals surface area contributed by atoms with Gasteiger partial charge in [0.15, 0.2) is 6.10 Å². The van der Waals surface area contributed by atoms with Gasteiger partial charge in [0, 0.05) is 25.3 Å². The van der Waals surface area contributed by atoms with Crippen LogP contribution in [0.5, 0.6) is 0 Å². The lowest BCUT2D eigenvalue weighted by molar-refractivity contribution is -0.149. The van der Waals surface area contributed by atoms with Crippen molar-refractivity contribution in [1.29, 1.82) is 0 Å². The highest BCUT2D eigenvalue weighted by atomic mass is 16.5. The maximum absolute atomic E-state index is 11.2. The highest BCUT2D eigenvalue weighted by Gasteiger charge is 2.19. The summed E-state index contributed by atoms with van der Waals surface area (Å²) in [7, 11) is 0. The Balaban J connectivity index is 1.44. The van der Waals surface area contributed by atoms with Gasteiger partial charge in [-0.1, -0.05) is 36.4 Å². The lowest BCUT2D eigenvalue weighted by Gasteiger charge is -2.25. The molecule has 0 saturated carbocycles. The van der Waals surface area contributed by atoms with Crippen LogP contribution in [-0.2, 0) is 22.4 Å². The first-order valence-electron chi connectivity index (χ1n) is 10.4. The lowest BCUT2D eigenvalue weighted by Crippen LogP contribution is -2.26. The van der Waals surface area contributed by atoms with Crippen molar-refractivity contribution in [3.8, 4) is 0 Å². The van der Waals surface area contributed by atoms with E-state index >= 15 is 0 Å². The molecule has 0 aromatic heterocycles. The summed E-state index contributed by atoms with van der Waals surface area (Å²) in [6, 6.07) is 16.9. The highest BCUT2D eigenvalue weighted by Crippen LogP contribution is 2.34. The van der Waals surface area contributed by atoms with Crippen LogP contribution in [0.2, 0.25) is 0 Å². The smallest absolute Gasteiger partial charge is 0.333 e. The number of carbonyl (C=O) groups is 1. The van der Waals surface area contributed by atoms with Crippen molar-refractivity contribution in [3.63, 3.8) is 0 Å². The van der Waals surface area contributed by atoms with E-state index < -0.39 is 12.1 Å². The van der Waals surface area contributed by atoms with Crippen LogP contribution in [0.25, 0.3) is 0 Å². The molecule has 150 valence electrons. The number of fused-ring (bicyclic) bond motifs is 1. The summed E-state index contributed by atoms with van der Waals surface area (Å²) in [6.45, 7) is 3.17. The number of anilines is 1. The normalized spacial score (nSPS) is 17.0. The minimum atomic E-state index is -0.909. The van der Waals surface area contributed by atoms with Gasteiger partial charge in [-0.25, -0.2) is 4.79 Å². The van der Waals surface area contributed by atoms with Crippen molar-refractivity contribution >= 4 is 11.7 Å². The van der Waals surface area contributed by atoms with Crippen LogP contribution in [0.1, 0.15) is 55.2 Å². The minimum absolute atomic E-state index is 0.393. The van der Waals surface area contributed by atoms with E-state index in [1.165, 1.54) is 31.2 Å². The first-order valence-corrected chi connectivity index (χ1v) is 10.4. The zero-order valence-corrected chi connectivity index (χ0v) is 16.7. The fourth-order valence-electron chi connectivity index (χ4n) is 4.13. The highest BCUT2D eigenvalue weighted by molar-refractivity contribution is 5.72. The van der Waals surface area contributed by atoms with E-state index in [0.29, 0.717) is 18.9 Å². The monoisotopic (exact) mass is 381 g/mol. The third-order valence-corrected chi connectivity index (χ3v) is 5.57. The molecule has 4 heteroatoms. The molecular formula is C24H31NO3. The van der Waals surface area contributed by atoms with E-state index in [4.69, 9.17) is 4.74 Å². The Hall–Kier alpha value is -2.33. The molecule has 0 aliphatic heterocycles. The molecule has 1 aliphatic carbocycles. The van der Waals surface area contributed by atoms with Crippen LogP contribution >= 0.6 is 0 Å². The molecule has 2 N–H and O–H groups in total. The topological polar surface area (TPSA) is 58.6 Å². The Morgan fingerprint density at radius 2 is 2.00 bits per heavy atom. The number of aliphatic carboxylic acids is 1. The summed E-state index contributed by atoms with van der Waals surface area (Å²) in [5.74, 6) is -0.214. The Morgan fingerprint density at radius 1 is 1.21 bits per heavy atom. The molecule has 0 fully saturated rings. The summed E-state index contributed by atoms with van der Waals surface area (Å²) in [5, 5.41) is 12.7. The number of carboxylic acids is 1. The van der Waals surface area contributed by atoms with Gasteiger partial charge in [-0.05, 0) is 73.8 Å². The molecule has 0 saturated heterocycles. The molecule has 2 atom stereocenters. The van der Waals surface area contributed by atoms with Crippen LogP contribution in [0.3, 0.4) is 0 Å². The molecule has 0 heterocycles. The van der Waals surface area contributed by atoms with Gasteiger partial charge in [-0.2, -0.15) is 0 Å². The SMILES string of the molecule is CCOC(Cc1ccc(NCCCC2CCCc3ccccc32)cc1)C(=O)O. The fourth-order valence-corrected chi connectivity index (χ4v) is 4.13. The third kappa shape index (κ3) is 5.59. The number of nitrogens with one attached hydrogen (secondary N) is 1. The molecule has 1 aliphatic rings. The van der Waals surface area contributed by atoms with Gasteiger partial charge in [0.1, 0.15) is 0 Å². The molecule has 0 radical (unpaired) electrons. The standard InChI is InChI=1S/C24H31NO3/c1-2-28-23(24(26)27)17-18-12-14-21(15-13-18)25-16-6-10-20-9-5-8-19-7-3-4-11-22(19)20/h3-4,7,11-15,20,23,25H,2,5-6,8-10,16-17H2,1H3,(H,26,27). The molecule has 3 rings (SSSR count). The fraction of sp³-hybridized carbons (Fsp3) is 0.458. The van der Waals surface area contributed by atoms with E-state index in [2.05, 4.69) is 29.6 Å². The van der Waals surface area contributed by atoms with E-state index in [1.54, 1.807) is 5.56 Å². The van der Waals surface area contributed by atoms with E-state index in [0.717, 1.165) is 24.2 Å². The molecule has 2 aromatic rings. The van der Waals surface area contributed by atoms with E-state index in [1.807, 2.05) is 31.2 Å². The molecule has 0 bridgehead atoms. The van der Waals surface area contributed by atoms with Crippen molar-refractivity contribution in [2.24, 2.45) is 0 Å². The van der Waals surface area contributed by atoms with Gasteiger partial charge in [0.2, 0.25) is 0 Å². The van der Waals surface area contributed by atoms with Gasteiger partial charge >= 0.3 is 5.97 Å². The second kappa shape index (κ2) is 10.3. The molecule has 2 unspecified atom stereocenters. The summed E-state index contributed by atoms with van der Waals surface area (Å²) in [6.07, 6.45) is 5.81. The maximum Gasteiger partial charge on any atom is 0.333 e. The second-order valence-electron chi connectivity index (χ2n) is 7.54. The predicted octanol–water partition coefficient (Wildman–Crippen LogP) is 5.03. The van der Waals surface area contributed by atoms with Crippen LogP contribution < -0.4 is 5.32 Å². The largest absolute Gasteiger partial charge is 0.479 e. The van der Waals surface area contributed by atoms with Crippen LogP contribution in [-0.4, -0.2) is 30.3 Å². The van der Waals surface area contributed by atoms with Crippen molar-refractivity contribution in [1.82, 2.24) is 0 Å². The minimum Gasteiger partial charge on any atom is -0.479 e. The Bertz CT molecular complexity index is 757. The summed E-state index contributed by atoms with van der Waals surface area (Å²) >= 11 is 0. The van der Waals surface area contributed by atoms with Gasteiger partial charge in [-0.3, -0.25) is 0 Å². The molecule has 0 spiro atoms. The molecule has 4 nitrogen and oxygen atoms in total. The Kier molecular flexibility index (Phi) is 7.49. The quantitative estimate of drug-likeness (QED) is 0.567. The third-order valence-electron chi connectivity index (χ3n) is 5.57. The molecule has 0 amide bonds.